The Bertz CT molecular complexity index is 405. The highest BCUT2D eigenvalue weighted by atomic mass is 16.5. The van der Waals surface area contributed by atoms with Crippen molar-refractivity contribution in [1.82, 2.24) is 5.32 Å². The van der Waals surface area contributed by atoms with Crippen LogP contribution in [-0.2, 0) is 11.3 Å². The molecule has 0 aliphatic heterocycles. The molecular weight excluding hydrogens is 240 g/mol. The molecule has 0 aromatic heterocycles. The summed E-state index contributed by atoms with van der Waals surface area (Å²) in [7, 11) is 0. The minimum Gasteiger partial charge on any atom is -0.492 e. The summed E-state index contributed by atoms with van der Waals surface area (Å²) in [6.07, 6.45) is 0. The number of para-hydroxylation sites is 1. The summed E-state index contributed by atoms with van der Waals surface area (Å²) in [6.45, 7) is 8.15. The van der Waals surface area contributed by atoms with E-state index in [2.05, 4.69) is 19.2 Å². The van der Waals surface area contributed by atoms with E-state index in [1.807, 2.05) is 24.3 Å². The standard InChI is InChI=1S/C15H24N2O2/c1-11(2)8-17-9-13-6-4-5-7-14(13)19-10-12(3)15(16)18/h4-7,11-12,17H,8-10H2,1-3H3,(H2,16,18). The van der Waals surface area contributed by atoms with Gasteiger partial charge in [-0.2, -0.15) is 0 Å². The number of amides is 1. The lowest BCUT2D eigenvalue weighted by Crippen LogP contribution is -2.26. The second kappa shape index (κ2) is 7.79. The lowest BCUT2D eigenvalue weighted by Gasteiger charge is -2.14. The van der Waals surface area contributed by atoms with Crippen molar-refractivity contribution in [1.29, 1.82) is 0 Å². The molecule has 1 atom stereocenters. The minimum atomic E-state index is -0.338. The summed E-state index contributed by atoms with van der Waals surface area (Å²) < 4.78 is 5.68. The molecule has 19 heavy (non-hydrogen) atoms. The summed E-state index contributed by atoms with van der Waals surface area (Å²) in [5.41, 5.74) is 6.32. The molecular formula is C15H24N2O2. The van der Waals surface area contributed by atoms with Crippen LogP contribution in [0.5, 0.6) is 5.75 Å². The van der Waals surface area contributed by atoms with Crippen molar-refractivity contribution in [3.05, 3.63) is 29.8 Å². The second-order valence-electron chi connectivity index (χ2n) is 5.25. The number of nitrogens with two attached hydrogens (primary N) is 1. The van der Waals surface area contributed by atoms with Crippen LogP contribution in [0, 0.1) is 11.8 Å². The van der Waals surface area contributed by atoms with E-state index < -0.39 is 0 Å². The first-order chi connectivity index (χ1) is 9.00. The Labute approximate surface area is 115 Å². The third-order valence-corrected chi connectivity index (χ3v) is 2.82. The van der Waals surface area contributed by atoms with Gasteiger partial charge in [-0.25, -0.2) is 0 Å². The molecule has 0 spiro atoms. The summed E-state index contributed by atoms with van der Waals surface area (Å²) in [4.78, 5) is 11.0. The maximum atomic E-state index is 11.0. The fourth-order valence-electron chi connectivity index (χ4n) is 1.58. The van der Waals surface area contributed by atoms with Crippen LogP contribution in [0.15, 0.2) is 24.3 Å². The Balaban J connectivity index is 2.55. The van der Waals surface area contributed by atoms with Crippen molar-refractivity contribution in [3.8, 4) is 5.75 Å². The van der Waals surface area contributed by atoms with Crippen molar-refractivity contribution in [2.45, 2.75) is 27.3 Å². The molecule has 1 aromatic carbocycles. The van der Waals surface area contributed by atoms with Crippen LogP contribution in [0.2, 0.25) is 0 Å². The van der Waals surface area contributed by atoms with Gasteiger partial charge in [0.25, 0.3) is 0 Å². The Morgan fingerprint density at radius 1 is 1.32 bits per heavy atom. The van der Waals surface area contributed by atoms with Crippen molar-refractivity contribution in [2.24, 2.45) is 17.6 Å². The van der Waals surface area contributed by atoms with Gasteiger partial charge in [0.2, 0.25) is 5.91 Å². The van der Waals surface area contributed by atoms with Gasteiger partial charge in [-0.05, 0) is 18.5 Å². The first-order valence-corrected chi connectivity index (χ1v) is 6.71. The molecule has 0 aliphatic rings. The van der Waals surface area contributed by atoms with E-state index in [1.165, 1.54) is 0 Å². The Morgan fingerprint density at radius 2 is 2.00 bits per heavy atom. The molecule has 3 N–H and O–H groups in total. The molecule has 0 fully saturated rings. The molecule has 1 rings (SSSR count). The van der Waals surface area contributed by atoms with Crippen LogP contribution in [0.3, 0.4) is 0 Å². The first kappa shape index (κ1) is 15.5. The normalized spacial score (nSPS) is 12.4. The van der Waals surface area contributed by atoms with E-state index in [9.17, 15) is 4.79 Å². The molecule has 0 radical (unpaired) electrons. The van der Waals surface area contributed by atoms with Gasteiger partial charge in [-0.3, -0.25) is 4.79 Å². The van der Waals surface area contributed by atoms with Gasteiger partial charge < -0.3 is 15.8 Å². The van der Waals surface area contributed by atoms with E-state index in [0.29, 0.717) is 12.5 Å². The van der Waals surface area contributed by atoms with Crippen molar-refractivity contribution in [2.75, 3.05) is 13.2 Å². The third kappa shape index (κ3) is 5.75. The first-order valence-electron chi connectivity index (χ1n) is 6.71. The fraction of sp³-hybridized carbons (Fsp3) is 0.533. The molecule has 1 aromatic rings. The van der Waals surface area contributed by atoms with E-state index >= 15 is 0 Å². The molecule has 106 valence electrons. The Kier molecular flexibility index (Phi) is 6.36. The number of hydrogen-bond donors (Lipinski definition) is 2. The number of benzene rings is 1. The van der Waals surface area contributed by atoms with Crippen LogP contribution in [0.1, 0.15) is 26.3 Å². The minimum absolute atomic E-state index is 0.281. The number of hydrogen-bond acceptors (Lipinski definition) is 3. The molecule has 0 bridgehead atoms. The van der Waals surface area contributed by atoms with E-state index in [-0.39, 0.29) is 11.8 Å². The van der Waals surface area contributed by atoms with Crippen LogP contribution in [0.25, 0.3) is 0 Å². The monoisotopic (exact) mass is 264 g/mol. The molecule has 1 unspecified atom stereocenters. The number of carbonyl (C=O) groups excluding carboxylic acids is 1. The van der Waals surface area contributed by atoms with Gasteiger partial charge in [-0.1, -0.05) is 39.0 Å². The second-order valence-corrected chi connectivity index (χ2v) is 5.25. The average molecular weight is 264 g/mol. The zero-order valence-electron chi connectivity index (χ0n) is 12.0. The number of primary amides is 1. The van der Waals surface area contributed by atoms with Gasteiger partial charge in [-0.15, -0.1) is 0 Å². The molecule has 4 nitrogen and oxygen atoms in total. The number of rotatable bonds is 8. The number of carbonyl (C=O) groups is 1. The van der Waals surface area contributed by atoms with Crippen molar-refractivity contribution < 1.29 is 9.53 Å². The van der Waals surface area contributed by atoms with Crippen molar-refractivity contribution in [3.63, 3.8) is 0 Å². The van der Waals surface area contributed by atoms with Gasteiger partial charge in [0.1, 0.15) is 5.75 Å². The molecule has 0 heterocycles. The molecule has 0 aliphatic carbocycles. The van der Waals surface area contributed by atoms with E-state index in [1.54, 1.807) is 6.92 Å². The fourth-order valence-corrected chi connectivity index (χ4v) is 1.58. The highest BCUT2D eigenvalue weighted by Gasteiger charge is 2.10. The predicted octanol–water partition coefficient (Wildman–Crippen LogP) is 1.93. The highest BCUT2D eigenvalue weighted by molar-refractivity contribution is 5.76. The zero-order chi connectivity index (χ0) is 14.3. The number of ether oxygens (including phenoxy) is 1. The van der Waals surface area contributed by atoms with Gasteiger partial charge >= 0.3 is 0 Å². The molecule has 1 amide bonds. The summed E-state index contributed by atoms with van der Waals surface area (Å²) in [6, 6.07) is 7.85. The van der Waals surface area contributed by atoms with Crippen LogP contribution in [-0.4, -0.2) is 19.1 Å². The van der Waals surface area contributed by atoms with Crippen LogP contribution < -0.4 is 15.8 Å². The highest BCUT2D eigenvalue weighted by Crippen LogP contribution is 2.18. The molecule has 0 saturated carbocycles. The smallest absolute Gasteiger partial charge is 0.223 e. The Morgan fingerprint density at radius 3 is 2.63 bits per heavy atom. The SMILES string of the molecule is CC(C)CNCc1ccccc1OCC(C)C(N)=O. The predicted molar refractivity (Wildman–Crippen MR) is 76.8 cm³/mol. The summed E-state index contributed by atoms with van der Waals surface area (Å²) in [5, 5.41) is 3.38. The lowest BCUT2D eigenvalue weighted by atomic mass is 10.1. The van der Waals surface area contributed by atoms with Crippen molar-refractivity contribution >= 4 is 5.91 Å². The topological polar surface area (TPSA) is 64.3 Å². The third-order valence-electron chi connectivity index (χ3n) is 2.82. The van der Waals surface area contributed by atoms with Crippen LogP contribution in [0.4, 0.5) is 0 Å². The Hall–Kier alpha value is -1.55. The van der Waals surface area contributed by atoms with Gasteiger partial charge in [0.15, 0.2) is 0 Å². The average Bonchev–Trinajstić information content (AvgIpc) is 2.36. The zero-order valence-corrected chi connectivity index (χ0v) is 12.0. The van der Waals surface area contributed by atoms with E-state index in [4.69, 9.17) is 10.5 Å². The van der Waals surface area contributed by atoms with Gasteiger partial charge in [0, 0.05) is 12.1 Å². The lowest BCUT2D eigenvalue weighted by molar-refractivity contribution is -0.122. The molecule has 4 heteroatoms. The number of nitrogens with one attached hydrogen (secondary N) is 1. The maximum absolute atomic E-state index is 11.0. The summed E-state index contributed by atoms with van der Waals surface area (Å²) in [5.74, 6) is 0.807. The largest absolute Gasteiger partial charge is 0.492 e. The van der Waals surface area contributed by atoms with E-state index in [0.717, 1.165) is 24.4 Å². The quantitative estimate of drug-likeness (QED) is 0.754. The molecule has 0 saturated heterocycles. The summed E-state index contributed by atoms with van der Waals surface area (Å²) >= 11 is 0. The van der Waals surface area contributed by atoms with Gasteiger partial charge in [0.05, 0.1) is 12.5 Å². The van der Waals surface area contributed by atoms with Crippen LogP contribution >= 0.6 is 0 Å². The maximum Gasteiger partial charge on any atom is 0.223 e.